The highest BCUT2D eigenvalue weighted by Gasteiger charge is 2.33. The van der Waals surface area contributed by atoms with Gasteiger partial charge in [0, 0.05) is 19.5 Å². The molecule has 1 fully saturated rings. The van der Waals surface area contributed by atoms with E-state index in [0.29, 0.717) is 41.8 Å². The maximum Gasteiger partial charge on any atom is 0.246 e. The minimum absolute atomic E-state index is 0.0336. The second kappa shape index (κ2) is 9.35. The first-order valence-electron chi connectivity index (χ1n) is 11.7. The fourth-order valence-corrected chi connectivity index (χ4v) is 6.85. The summed E-state index contributed by atoms with van der Waals surface area (Å²) in [5, 5.41) is 7.64. The first kappa shape index (κ1) is 23.0. The van der Waals surface area contributed by atoms with Gasteiger partial charge in [0.05, 0.1) is 24.0 Å². The van der Waals surface area contributed by atoms with Crippen LogP contribution in [0.25, 0.3) is 0 Å². The molecule has 2 aromatic rings. The van der Waals surface area contributed by atoms with Crippen LogP contribution >= 0.6 is 0 Å². The molecule has 8 heteroatoms. The predicted octanol–water partition coefficient (Wildman–Crippen LogP) is 3.50. The number of hydrogen-bond acceptors (Lipinski definition) is 4. The Morgan fingerprint density at radius 2 is 1.88 bits per heavy atom. The zero-order valence-corrected chi connectivity index (χ0v) is 20.1. The van der Waals surface area contributed by atoms with Gasteiger partial charge in [-0.2, -0.15) is 9.40 Å². The summed E-state index contributed by atoms with van der Waals surface area (Å²) in [5.74, 6) is 0.523. The Hall–Kier alpha value is -2.19. The number of fused-ring (bicyclic) bond motifs is 1. The van der Waals surface area contributed by atoms with Crippen molar-refractivity contribution in [3.63, 3.8) is 0 Å². The monoisotopic (exact) mass is 458 g/mol. The minimum atomic E-state index is -3.57. The summed E-state index contributed by atoms with van der Waals surface area (Å²) in [6, 6.07) is 8.34. The molecular weight excluding hydrogens is 424 g/mol. The Kier molecular flexibility index (Phi) is 6.72. The topological polar surface area (TPSA) is 84.3 Å². The van der Waals surface area contributed by atoms with Gasteiger partial charge < -0.3 is 5.32 Å². The van der Waals surface area contributed by atoms with E-state index in [1.165, 1.54) is 11.1 Å². The van der Waals surface area contributed by atoms with Crippen molar-refractivity contribution in [2.45, 2.75) is 76.8 Å². The number of sulfonamides is 1. The van der Waals surface area contributed by atoms with Gasteiger partial charge in [0.25, 0.3) is 0 Å². The third-order valence-corrected chi connectivity index (χ3v) is 9.06. The van der Waals surface area contributed by atoms with Crippen LogP contribution in [0.1, 0.15) is 67.6 Å². The molecule has 1 atom stereocenters. The van der Waals surface area contributed by atoms with E-state index in [4.69, 9.17) is 0 Å². The lowest BCUT2D eigenvalue weighted by Gasteiger charge is -2.29. The summed E-state index contributed by atoms with van der Waals surface area (Å²) >= 11 is 0. The predicted molar refractivity (Wildman–Crippen MR) is 124 cm³/mol. The van der Waals surface area contributed by atoms with Crippen LogP contribution in [0.4, 0.5) is 0 Å². The van der Waals surface area contributed by atoms with Gasteiger partial charge in [0.1, 0.15) is 4.90 Å². The Balaban J connectivity index is 1.42. The second-order valence-corrected chi connectivity index (χ2v) is 11.1. The number of nitrogens with zero attached hydrogens (tertiary/aromatic N) is 3. The van der Waals surface area contributed by atoms with Crippen LogP contribution in [0, 0.1) is 19.8 Å². The number of aromatic nitrogens is 2. The van der Waals surface area contributed by atoms with Crippen LogP contribution in [0.15, 0.2) is 29.2 Å². The van der Waals surface area contributed by atoms with Crippen molar-refractivity contribution in [2.75, 3.05) is 13.1 Å². The van der Waals surface area contributed by atoms with E-state index in [0.717, 1.165) is 32.1 Å². The fraction of sp³-hybridized carbons (Fsp3) is 0.583. The molecule has 1 amide bonds. The summed E-state index contributed by atoms with van der Waals surface area (Å²) < 4.78 is 29.8. The molecular formula is C24H34N4O3S. The van der Waals surface area contributed by atoms with Gasteiger partial charge in [0.2, 0.25) is 15.9 Å². The van der Waals surface area contributed by atoms with Crippen LogP contribution in [0.5, 0.6) is 0 Å². The number of hydrogen-bond donors (Lipinski definition) is 1. The van der Waals surface area contributed by atoms with Gasteiger partial charge in [0.15, 0.2) is 0 Å². The van der Waals surface area contributed by atoms with Crippen molar-refractivity contribution >= 4 is 15.9 Å². The highest BCUT2D eigenvalue weighted by molar-refractivity contribution is 7.89. The molecule has 1 aliphatic heterocycles. The quantitative estimate of drug-likeness (QED) is 0.718. The third kappa shape index (κ3) is 4.62. The Bertz CT molecular complexity index is 1080. The Morgan fingerprint density at radius 3 is 2.62 bits per heavy atom. The van der Waals surface area contributed by atoms with Gasteiger partial charge in [-0.05, 0) is 63.0 Å². The molecule has 0 spiro atoms. The molecule has 4 rings (SSSR count). The smallest absolute Gasteiger partial charge is 0.246 e. The van der Waals surface area contributed by atoms with Gasteiger partial charge >= 0.3 is 0 Å². The number of nitrogens with one attached hydrogen (secondary N) is 1. The maximum atomic E-state index is 13.3. The zero-order chi connectivity index (χ0) is 22.9. The van der Waals surface area contributed by atoms with Crippen LogP contribution in [0.3, 0.4) is 0 Å². The highest BCUT2D eigenvalue weighted by Crippen LogP contribution is 2.30. The fourth-order valence-electron chi connectivity index (χ4n) is 5.00. The van der Waals surface area contributed by atoms with Crippen molar-refractivity contribution in [1.29, 1.82) is 0 Å². The van der Waals surface area contributed by atoms with E-state index >= 15 is 0 Å². The molecule has 1 aromatic heterocycles. The largest absolute Gasteiger partial charge is 0.349 e. The molecule has 2 heterocycles. The van der Waals surface area contributed by atoms with E-state index in [2.05, 4.69) is 29.5 Å². The minimum Gasteiger partial charge on any atom is -0.349 e. The zero-order valence-electron chi connectivity index (χ0n) is 19.3. The number of aryl methyl sites for hydroxylation is 3. The standard InChI is InChI=1S/C24H34N4O3S/c1-17-11-14-27(15-12-17)32(30,31)24-18(2)26-28(19(24)3)16-13-23(29)25-22-10-6-8-20-7-4-5-9-21(20)22/h4-5,7,9,17,22H,6,8,10-16H2,1-3H3,(H,25,29)/t22-/m0/s1. The van der Waals surface area contributed by atoms with Crippen molar-refractivity contribution in [1.82, 2.24) is 19.4 Å². The molecule has 174 valence electrons. The van der Waals surface area contributed by atoms with Crippen LogP contribution in [-0.2, 0) is 27.8 Å². The summed E-state index contributed by atoms with van der Waals surface area (Å²) in [4.78, 5) is 13.0. The van der Waals surface area contributed by atoms with E-state index < -0.39 is 10.0 Å². The number of carbonyl (C=O) groups is 1. The Labute approximate surface area is 191 Å². The van der Waals surface area contributed by atoms with Crippen molar-refractivity contribution in [3.8, 4) is 0 Å². The SMILES string of the molecule is Cc1nn(CCC(=O)N[C@H]2CCCc3ccccc32)c(C)c1S(=O)(=O)N1CCC(C)CC1. The van der Waals surface area contributed by atoms with E-state index in [9.17, 15) is 13.2 Å². The summed E-state index contributed by atoms with van der Waals surface area (Å²) in [6.45, 7) is 7.16. The van der Waals surface area contributed by atoms with Crippen molar-refractivity contribution < 1.29 is 13.2 Å². The molecule has 0 unspecified atom stereocenters. The van der Waals surface area contributed by atoms with Gasteiger partial charge in [-0.3, -0.25) is 9.48 Å². The molecule has 1 N–H and O–H groups in total. The lowest BCUT2D eigenvalue weighted by molar-refractivity contribution is -0.122. The van der Waals surface area contributed by atoms with Crippen LogP contribution in [-0.4, -0.2) is 41.5 Å². The van der Waals surface area contributed by atoms with E-state index in [1.54, 1.807) is 22.8 Å². The normalized spacial score (nSPS) is 20.2. The summed E-state index contributed by atoms with van der Waals surface area (Å²) in [6.07, 6.45) is 5.10. The van der Waals surface area contributed by atoms with Crippen LogP contribution < -0.4 is 5.32 Å². The lowest BCUT2D eigenvalue weighted by Crippen LogP contribution is -2.38. The van der Waals surface area contributed by atoms with Crippen molar-refractivity contribution in [3.05, 3.63) is 46.8 Å². The third-order valence-electron chi connectivity index (χ3n) is 6.91. The highest BCUT2D eigenvalue weighted by atomic mass is 32.2. The average molecular weight is 459 g/mol. The summed E-state index contributed by atoms with van der Waals surface area (Å²) in [5.41, 5.74) is 3.63. The molecule has 0 radical (unpaired) electrons. The van der Waals surface area contributed by atoms with E-state index in [1.807, 2.05) is 12.1 Å². The van der Waals surface area contributed by atoms with E-state index in [-0.39, 0.29) is 18.4 Å². The van der Waals surface area contributed by atoms with Gasteiger partial charge in [-0.1, -0.05) is 31.2 Å². The van der Waals surface area contributed by atoms with Crippen LogP contribution in [0.2, 0.25) is 0 Å². The molecule has 0 saturated carbocycles. The number of benzene rings is 1. The molecule has 0 bridgehead atoms. The maximum absolute atomic E-state index is 13.3. The second-order valence-electron chi connectivity index (χ2n) is 9.27. The lowest BCUT2D eigenvalue weighted by atomic mass is 9.88. The first-order chi connectivity index (χ1) is 15.3. The average Bonchev–Trinajstić information content (AvgIpc) is 3.06. The molecule has 32 heavy (non-hydrogen) atoms. The number of amides is 1. The number of rotatable bonds is 6. The number of carbonyl (C=O) groups excluding carboxylic acids is 1. The first-order valence-corrected chi connectivity index (χ1v) is 13.1. The van der Waals surface area contributed by atoms with Gasteiger partial charge in [-0.15, -0.1) is 0 Å². The Morgan fingerprint density at radius 1 is 1.16 bits per heavy atom. The summed E-state index contributed by atoms with van der Waals surface area (Å²) in [7, 11) is -3.57. The molecule has 2 aliphatic rings. The molecule has 1 saturated heterocycles. The molecule has 1 aromatic carbocycles. The molecule has 7 nitrogen and oxygen atoms in total. The van der Waals surface area contributed by atoms with Gasteiger partial charge in [-0.25, -0.2) is 8.42 Å². The molecule has 1 aliphatic carbocycles. The van der Waals surface area contributed by atoms with Crippen molar-refractivity contribution in [2.24, 2.45) is 5.92 Å². The number of piperidine rings is 1.